The van der Waals surface area contributed by atoms with Gasteiger partial charge < -0.3 is 9.67 Å². The van der Waals surface area contributed by atoms with Crippen LogP contribution in [0.1, 0.15) is 31.4 Å². The predicted octanol–water partition coefficient (Wildman–Crippen LogP) is 3.49. The summed E-state index contributed by atoms with van der Waals surface area (Å²) in [5.74, 6) is -0.0414. The fourth-order valence-electron chi connectivity index (χ4n) is 2.70. The Labute approximate surface area is 122 Å². The zero-order chi connectivity index (χ0) is 14.3. The predicted molar refractivity (Wildman–Crippen MR) is 80.3 cm³/mol. The number of benzene rings is 1. The Kier molecular flexibility index (Phi) is 3.46. The third-order valence-electron chi connectivity index (χ3n) is 3.92. The molecule has 1 heterocycles. The first-order chi connectivity index (χ1) is 9.58. The normalized spacial score (nSPS) is 16.5. The van der Waals surface area contributed by atoms with Gasteiger partial charge in [0.05, 0.1) is 16.8 Å². The molecule has 0 amide bonds. The van der Waals surface area contributed by atoms with Gasteiger partial charge in [0.25, 0.3) is 0 Å². The Morgan fingerprint density at radius 3 is 2.95 bits per heavy atom. The molecule has 5 heteroatoms. The Morgan fingerprint density at radius 2 is 2.30 bits per heavy atom. The number of thioether (sulfide) groups is 1. The molecule has 0 spiro atoms. The van der Waals surface area contributed by atoms with E-state index in [1.54, 1.807) is 0 Å². The Morgan fingerprint density at radius 1 is 1.55 bits per heavy atom. The van der Waals surface area contributed by atoms with Gasteiger partial charge in [-0.05, 0) is 44.2 Å². The van der Waals surface area contributed by atoms with E-state index in [0.29, 0.717) is 12.0 Å². The van der Waals surface area contributed by atoms with Gasteiger partial charge in [-0.2, -0.15) is 0 Å². The standard InChI is InChI=1S/C15H18N2O2S/c1-9-4-3-5-12-14(9)17(10(2)11-6-7-11)15(16-12)20-8-13(18)19/h3-5,10-11H,6-8H2,1-2H3,(H,18,19). The maximum absolute atomic E-state index is 10.8. The lowest BCUT2D eigenvalue weighted by molar-refractivity contribution is -0.133. The molecule has 106 valence electrons. The number of imidazole rings is 1. The maximum Gasteiger partial charge on any atom is 0.313 e. The van der Waals surface area contributed by atoms with Crippen molar-refractivity contribution in [1.82, 2.24) is 9.55 Å². The van der Waals surface area contributed by atoms with E-state index in [1.807, 2.05) is 12.1 Å². The first kappa shape index (κ1) is 13.5. The molecule has 20 heavy (non-hydrogen) atoms. The van der Waals surface area contributed by atoms with Crippen molar-refractivity contribution in [2.75, 3.05) is 5.75 Å². The van der Waals surface area contributed by atoms with Crippen LogP contribution < -0.4 is 0 Å². The number of rotatable bonds is 5. The molecule has 0 saturated heterocycles. The van der Waals surface area contributed by atoms with Crippen molar-refractivity contribution < 1.29 is 9.90 Å². The third-order valence-corrected chi connectivity index (χ3v) is 4.85. The van der Waals surface area contributed by atoms with E-state index in [9.17, 15) is 4.79 Å². The Bertz CT molecular complexity index is 661. The van der Waals surface area contributed by atoms with Crippen LogP contribution in [0, 0.1) is 12.8 Å². The molecule has 2 aromatic rings. The fourth-order valence-corrected chi connectivity index (χ4v) is 3.51. The SMILES string of the molecule is Cc1cccc2nc(SCC(=O)O)n(C(C)C3CC3)c12. The summed E-state index contributed by atoms with van der Waals surface area (Å²) in [6.07, 6.45) is 2.52. The van der Waals surface area contributed by atoms with Gasteiger partial charge in [-0.25, -0.2) is 4.98 Å². The van der Waals surface area contributed by atoms with Crippen molar-refractivity contribution in [3.05, 3.63) is 23.8 Å². The minimum atomic E-state index is -0.801. The highest BCUT2D eigenvalue weighted by molar-refractivity contribution is 7.99. The molecular formula is C15H18N2O2S. The number of aliphatic carboxylic acids is 1. The zero-order valence-electron chi connectivity index (χ0n) is 11.7. The summed E-state index contributed by atoms with van der Waals surface area (Å²) in [6, 6.07) is 6.48. The van der Waals surface area contributed by atoms with Gasteiger partial charge in [0.1, 0.15) is 0 Å². The van der Waals surface area contributed by atoms with Gasteiger partial charge in [0.15, 0.2) is 5.16 Å². The van der Waals surface area contributed by atoms with Crippen LogP contribution in [0.25, 0.3) is 11.0 Å². The van der Waals surface area contributed by atoms with Crippen LogP contribution in [0.3, 0.4) is 0 Å². The first-order valence-electron chi connectivity index (χ1n) is 6.90. The molecule has 3 rings (SSSR count). The van der Waals surface area contributed by atoms with Gasteiger partial charge >= 0.3 is 5.97 Å². The highest BCUT2D eigenvalue weighted by Gasteiger charge is 2.32. The summed E-state index contributed by atoms with van der Waals surface area (Å²) in [4.78, 5) is 15.5. The van der Waals surface area contributed by atoms with Crippen molar-refractivity contribution in [1.29, 1.82) is 0 Å². The molecule has 1 atom stereocenters. The fraction of sp³-hybridized carbons (Fsp3) is 0.467. The zero-order valence-corrected chi connectivity index (χ0v) is 12.5. The maximum atomic E-state index is 10.8. The molecule has 1 aromatic carbocycles. The van der Waals surface area contributed by atoms with Gasteiger partial charge in [0, 0.05) is 6.04 Å². The topological polar surface area (TPSA) is 55.1 Å². The molecule has 1 N–H and O–H groups in total. The summed E-state index contributed by atoms with van der Waals surface area (Å²) >= 11 is 1.32. The Hall–Kier alpha value is -1.49. The number of hydrogen-bond donors (Lipinski definition) is 1. The van der Waals surface area contributed by atoms with Crippen molar-refractivity contribution in [3.63, 3.8) is 0 Å². The van der Waals surface area contributed by atoms with Crippen LogP contribution in [0.4, 0.5) is 0 Å². The molecule has 1 unspecified atom stereocenters. The minimum absolute atomic E-state index is 0.0553. The van der Waals surface area contributed by atoms with Gasteiger partial charge in [-0.3, -0.25) is 4.79 Å². The van der Waals surface area contributed by atoms with Crippen LogP contribution in [-0.2, 0) is 4.79 Å². The second-order valence-electron chi connectivity index (χ2n) is 5.47. The number of fused-ring (bicyclic) bond motifs is 1. The summed E-state index contributed by atoms with van der Waals surface area (Å²) in [7, 11) is 0. The van der Waals surface area contributed by atoms with Gasteiger partial charge in [0.2, 0.25) is 0 Å². The lowest BCUT2D eigenvalue weighted by Gasteiger charge is -2.17. The molecule has 1 fully saturated rings. The monoisotopic (exact) mass is 290 g/mol. The van der Waals surface area contributed by atoms with E-state index in [-0.39, 0.29) is 5.75 Å². The highest BCUT2D eigenvalue weighted by Crippen LogP contribution is 2.43. The minimum Gasteiger partial charge on any atom is -0.481 e. The molecule has 0 radical (unpaired) electrons. The number of aromatic nitrogens is 2. The van der Waals surface area contributed by atoms with Crippen molar-refractivity contribution in [3.8, 4) is 0 Å². The smallest absolute Gasteiger partial charge is 0.313 e. The second kappa shape index (κ2) is 5.13. The van der Waals surface area contributed by atoms with E-state index in [1.165, 1.54) is 30.2 Å². The van der Waals surface area contributed by atoms with E-state index < -0.39 is 5.97 Å². The molecule has 1 aliphatic rings. The largest absolute Gasteiger partial charge is 0.481 e. The highest BCUT2D eigenvalue weighted by atomic mass is 32.2. The number of carboxylic acids is 1. The molecular weight excluding hydrogens is 272 g/mol. The molecule has 1 aliphatic carbocycles. The van der Waals surface area contributed by atoms with E-state index in [2.05, 4.69) is 29.5 Å². The van der Waals surface area contributed by atoms with Crippen molar-refractivity contribution >= 4 is 28.8 Å². The average Bonchev–Trinajstić information content (AvgIpc) is 3.17. The molecule has 1 saturated carbocycles. The van der Waals surface area contributed by atoms with Crippen LogP contribution >= 0.6 is 11.8 Å². The summed E-state index contributed by atoms with van der Waals surface area (Å²) < 4.78 is 2.25. The lowest BCUT2D eigenvalue weighted by Crippen LogP contribution is -2.10. The van der Waals surface area contributed by atoms with Gasteiger partial charge in [-0.1, -0.05) is 23.9 Å². The number of para-hydroxylation sites is 1. The second-order valence-corrected chi connectivity index (χ2v) is 6.41. The molecule has 0 aliphatic heterocycles. The number of aryl methyl sites for hydroxylation is 1. The number of carbonyl (C=O) groups is 1. The number of carboxylic acid groups (broad SMARTS) is 1. The molecule has 4 nitrogen and oxygen atoms in total. The number of hydrogen-bond acceptors (Lipinski definition) is 3. The molecule has 0 bridgehead atoms. The van der Waals surface area contributed by atoms with Crippen LogP contribution in [-0.4, -0.2) is 26.4 Å². The van der Waals surface area contributed by atoms with Crippen molar-refractivity contribution in [2.24, 2.45) is 5.92 Å². The van der Waals surface area contributed by atoms with E-state index in [4.69, 9.17) is 5.11 Å². The van der Waals surface area contributed by atoms with Crippen LogP contribution in [0.2, 0.25) is 0 Å². The summed E-state index contributed by atoms with van der Waals surface area (Å²) in [5, 5.41) is 9.73. The van der Waals surface area contributed by atoms with Crippen LogP contribution in [0.5, 0.6) is 0 Å². The van der Waals surface area contributed by atoms with Crippen molar-refractivity contribution in [2.45, 2.75) is 37.9 Å². The van der Waals surface area contributed by atoms with Crippen LogP contribution in [0.15, 0.2) is 23.4 Å². The van der Waals surface area contributed by atoms with E-state index >= 15 is 0 Å². The van der Waals surface area contributed by atoms with Gasteiger partial charge in [-0.15, -0.1) is 0 Å². The quantitative estimate of drug-likeness (QED) is 0.856. The first-order valence-corrected chi connectivity index (χ1v) is 7.88. The van der Waals surface area contributed by atoms with E-state index in [0.717, 1.165) is 16.2 Å². The average molecular weight is 290 g/mol. The summed E-state index contributed by atoms with van der Waals surface area (Å²) in [6.45, 7) is 4.31. The lowest BCUT2D eigenvalue weighted by atomic mass is 10.1. The summed E-state index contributed by atoms with van der Waals surface area (Å²) in [5.41, 5.74) is 3.31. The third kappa shape index (κ3) is 2.42. The molecule has 1 aromatic heterocycles. The number of nitrogens with zero attached hydrogens (tertiary/aromatic N) is 2. The Balaban J connectivity index is 2.09.